The average Bonchev–Trinajstić information content (AvgIpc) is 2.84. The molecule has 1 rings (SSSR count). The van der Waals surface area contributed by atoms with Crippen molar-refractivity contribution in [2.45, 2.75) is 18.9 Å². The van der Waals surface area contributed by atoms with Crippen molar-refractivity contribution in [2.24, 2.45) is 0 Å². The van der Waals surface area contributed by atoms with E-state index in [9.17, 15) is 0 Å². The fourth-order valence-electron chi connectivity index (χ4n) is 2.85. The molecule has 33 heavy (non-hydrogen) atoms. The quantitative estimate of drug-likeness (QED) is 0.143. The maximum Gasteiger partial charge on any atom is 0.111 e. The molecule has 0 bridgehead atoms. The van der Waals surface area contributed by atoms with Crippen LogP contribution in [0.3, 0.4) is 0 Å². The highest BCUT2D eigenvalue weighted by atomic mass is 16.6. The molecule has 1 N–H and O–H groups in total. The van der Waals surface area contributed by atoms with E-state index in [0.717, 1.165) is 25.9 Å². The van der Waals surface area contributed by atoms with Gasteiger partial charge in [0.15, 0.2) is 0 Å². The molecule has 1 fully saturated rings. The van der Waals surface area contributed by atoms with Crippen LogP contribution in [0.4, 0.5) is 0 Å². The van der Waals surface area contributed by atoms with Crippen molar-refractivity contribution in [3.8, 4) is 0 Å². The Morgan fingerprint density at radius 2 is 0.848 bits per heavy atom. The molecule has 0 aromatic heterocycles. The predicted octanol–water partition coefficient (Wildman–Crippen LogP) is 1.03. The summed E-state index contributed by atoms with van der Waals surface area (Å²) in [6.45, 7) is 14.4. The van der Waals surface area contributed by atoms with Gasteiger partial charge >= 0.3 is 0 Å². The summed E-state index contributed by atoms with van der Waals surface area (Å²) in [7, 11) is 0. The van der Waals surface area contributed by atoms with Crippen molar-refractivity contribution < 1.29 is 42.6 Å². The second-order valence-electron chi connectivity index (χ2n) is 7.14. The van der Waals surface area contributed by atoms with Gasteiger partial charge in [-0.1, -0.05) is 6.58 Å². The Hall–Kier alpha value is -0.820. The first kappa shape index (κ1) is 30.2. The third-order valence-corrected chi connectivity index (χ3v) is 4.56. The van der Waals surface area contributed by atoms with E-state index in [4.69, 9.17) is 42.6 Å². The van der Waals surface area contributed by atoms with Gasteiger partial charge in [-0.2, -0.15) is 0 Å². The molecule has 0 radical (unpaired) electrons. The van der Waals surface area contributed by atoms with Gasteiger partial charge in [0.2, 0.25) is 0 Å². The smallest absolute Gasteiger partial charge is 0.111 e. The fraction of sp³-hybridized carbons (Fsp3) is 0.913. The molecular weight excluding hydrogens is 434 g/mol. The molecule has 0 unspecified atom stereocenters. The maximum absolute atomic E-state index is 5.77. The van der Waals surface area contributed by atoms with Crippen LogP contribution < -0.4 is 5.32 Å². The van der Waals surface area contributed by atoms with Gasteiger partial charge in [0.05, 0.1) is 111 Å². The van der Waals surface area contributed by atoms with Crippen LogP contribution in [0.25, 0.3) is 0 Å². The van der Waals surface area contributed by atoms with Crippen LogP contribution in [-0.2, 0) is 42.6 Å². The van der Waals surface area contributed by atoms with Crippen molar-refractivity contribution >= 4 is 0 Å². The molecule has 0 atom stereocenters. The van der Waals surface area contributed by atoms with Crippen LogP contribution in [0.1, 0.15) is 12.8 Å². The van der Waals surface area contributed by atoms with E-state index in [0.29, 0.717) is 112 Å². The van der Waals surface area contributed by atoms with Gasteiger partial charge in [-0.3, -0.25) is 0 Å². The van der Waals surface area contributed by atoms with Crippen LogP contribution in [-0.4, -0.2) is 125 Å². The highest BCUT2D eigenvalue weighted by molar-refractivity contribution is 4.67. The van der Waals surface area contributed by atoms with Crippen molar-refractivity contribution in [3.05, 3.63) is 12.8 Å². The number of piperidine rings is 1. The second kappa shape index (κ2) is 25.8. The lowest BCUT2D eigenvalue weighted by atomic mass is 10.1. The Kier molecular flexibility index (Phi) is 23.6. The van der Waals surface area contributed by atoms with Crippen LogP contribution in [0.5, 0.6) is 0 Å². The van der Waals surface area contributed by atoms with Crippen molar-refractivity contribution in [3.63, 3.8) is 0 Å². The minimum atomic E-state index is 0.379. The monoisotopic (exact) mass is 479 g/mol. The zero-order valence-corrected chi connectivity index (χ0v) is 20.2. The molecule has 0 aliphatic carbocycles. The Balaban J connectivity index is 1.62. The molecule has 10 heteroatoms. The number of ether oxygens (including phenoxy) is 9. The largest absolute Gasteiger partial charge is 0.499 e. The zero-order chi connectivity index (χ0) is 23.5. The van der Waals surface area contributed by atoms with Crippen LogP contribution >= 0.6 is 0 Å². The first-order valence-corrected chi connectivity index (χ1v) is 12.0. The third-order valence-electron chi connectivity index (χ3n) is 4.56. The molecular formula is C23H45NO9. The summed E-state index contributed by atoms with van der Waals surface area (Å²) < 4.78 is 48.7. The van der Waals surface area contributed by atoms with E-state index in [1.165, 1.54) is 6.26 Å². The molecule has 0 saturated carbocycles. The summed E-state index contributed by atoms with van der Waals surface area (Å²) in [6, 6.07) is 0. The highest BCUT2D eigenvalue weighted by Crippen LogP contribution is 2.06. The molecule has 0 amide bonds. The maximum atomic E-state index is 5.77. The van der Waals surface area contributed by atoms with Gasteiger partial charge in [0, 0.05) is 0 Å². The van der Waals surface area contributed by atoms with E-state index >= 15 is 0 Å². The van der Waals surface area contributed by atoms with Crippen molar-refractivity contribution in [2.75, 3.05) is 119 Å². The lowest BCUT2D eigenvalue weighted by molar-refractivity contribution is -0.0315. The Bertz CT molecular complexity index is 398. The Morgan fingerprint density at radius 3 is 1.21 bits per heavy atom. The standard InChI is InChI=1S/C23H45NO9/c1-2-25-7-8-26-9-10-27-11-12-28-13-14-29-15-16-30-17-18-31-19-20-32-21-22-33-23-3-5-24-6-4-23/h2,23-24H,1,3-22H2. The van der Waals surface area contributed by atoms with E-state index in [-0.39, 0.29) is 0 Å². The summed E-state index contributed by atoms with van der Waals surface area (Å²) in [6.07, 6.45) is 3.95. The number of rotatable bonds is 26. The SMILES string of the molecule is C=COCCOCCOCCOCCOCCOCCOCCOCCOC1CCNCC1. The minimum Gasteiger partial charge on any atom is -0.499 e. The molecule has 1 aliphatic heterocycles. The molecule has 0 spiro atoms. The minimum absolute atomic E-state index is 0.379. The summed E-state index contributed by atoms with van der Waals surface area (Å²) in [5, 5.41) is 3.32. The average molecular weight is 480 g/mol. The van der Waals surface area contributed by atoms with Crippen LogP contribution in [0.15, 0.2) is 12.8 Å². The fourth-order valence-corrected chi connectivity index (χ4v) is 2.85. The van der Waals surface area contributed by atoms with E-state index in [1.807, 2.05) is 0 Å². The normalized spacial score (nSPS) is 14.5. The predicted molar refractivity (Wildman–Crippen MR) is 124 cm³/mol. The van der Waals surface area contributed by atoms with Gasteiger partial charge in [-0.05, 0) is 25.9 Å². The summed E-state index contributed by atoms with van der Waals surface area (Å²) in [5.74, 6) is 0. The third kappa shape index (κ3) is 22.7. The summed E-state index contributed by atoms with van der Waals surface area (Å²) in [4.78, 5) is 0. The molecule has 10 nitrogen and oxygen atoms in total. The molecule has 1 heterocycles. The van der Waals surface area contributed by atoms with E-state index in [1.54, 1.807) is 0 Å². The van der Waals surface area contributed by atoms with Crippen LogP contribution in [0.2, 0.25) is 0 Å². The van der Waals surface area contributed by atoms with Gasteiger partial charge in [0.25, 0.3) is 0 Å². The Morgan fingerprint density at radius 1 is 0.515 bits per heavy atom. The second-order valence-corrected chi connectivity index (χ2v) is 7.14. The first-order valence-electron chi connectivity index (χ1n) is 12.0. The summed E-state index contributed by atoms with van der Waals surface area (Å²) in [5.41, 5.74) is 0. The molecule has 1 saturated heterocycles. The van der Waals surface area contributed by atoms with Crippen molar-refractivity contribution in [1.82, 2.24) is 5.32 Å². The van der Waals surface area contributed by atoms with Crippen LogP contribution in [0, 0.1) is 0 Å². The van der Waals surface area contributed by atoms with Gasteiger partial charge < -0.3 is 47.9 Å². The van der Waals surface area contributed by atoms with Gasteiger partial charge in [-0.25, -0.2) is 0 Å². The van der Waals surface area contributed by atoms with Crippen molar-refractivity contribution in [1.29, 1.82) is 0 Å². The topological polar surface area (TPSA) is 95.1 Å². The molecule has 1 aliphatic rings. The number of nitrogens with one attached hydrogen (secondary N) is 1. The van der Waals surface area contributed by atoms with Gasteiger partial charge in [0.1, 0.15) is 6.61 Å². The molecule has 0 aromatic carbocycles. The Labute approximate surface area is 199 Å². The van der Waals surface area contributed by atoms with E-state index in [2.05, 4.69) is 11.9 Å². The summed E-state index contributed by atoms with van der Waals surface area (Å²) >= 11 is 0. The lowest BCUT2D eigenvalue weighted by Crippen LogP contribution is -2.33. The highest BCUT2D eigenvalue weighted by Gasteiger charge is 2.12. The first-order chi connectivity index (χ1) is 16.4. The molecule has 196 valence electrons. The number of hydrogen-bond donors (Lipinski definition) is 1. The zero-order valence-electron chi connectivity index (χ0n) is 20.2. The van der Waals surface area contributed by atoms with E-state index < -0.39 is 0 Å². The van der Waals surface area contributed by atoms with Gasteiger partial charge in [-0.15, -0.1) is 0 Å². The molecule has 0 aromatic rings. The lowest BCUT2D eigenvalue weighted by Gasteiger charge is -2.22. The number of hydrogen-bond acceptors (Lipinski definition) is 10.